The number of furan rings is 1. The molecule has 0 saturated heterocycles. The molecule has 6 heteroatoms. The van der Waals surface area contributed by atoms with Gasteiger partial charge in [0.1, 0.15) is 5.58 Å². The molecule has 4 aromatic heterocycles. The summed E-state index contributed by atoms with van der Waals surface area (Å²) in [6.45, 7) is 0. The summed E-state index contributed by atoms with van der Waals surface area (Å²) in [7, 11) is 0. The highest BCUT2D eigenvalue weighted by Gasteiger charge is 2.19. The van der Waals surface area contributed by atoms with Crippen molar-refractivity contribution in [3.8, 4) is 62.1 Å². The molecule has 0 aliphatic rings. The molecule has 0 spiro atoms. The average molecular weight is 718 g/mol. The first-order valence-corrected chi connectivity index (χ1v) is 18.6. The minimum Gasteiger partial charge on any atom is -0.454 e. The highest BCUT2D eigenvalue weighted by molar-refractivity contribution is 6.10. The van der Waals surface area contributed by atoms with Gasteiger partial charge in [0.05, 0.1) is 22.9 Å². The van der Waals surface area contributed by atoms with Crippen LogP contribution in [0, 0.1) is 0 Å². The van der Waals surface area contributed by atoms with E-state index in [4.69, 9.17) is 19.4 Å². The zero-order valence-corrected chi connectivity index (χ0v) is 30.0. The molecule has 7 aromatic carbocycles. The van der Waals surface area contributed by atoms with E-state index < -0.39 is 0 Å². The molecular formula is C50H31N5O. The summed E-state index contributed by atoms with van der Waals surface area (Å²) >= 11 is 0. The van der Waals surface area contributed by atoms with Crippen molar-refractivity contribution in [3.05, 3.63) is 188 Å². The molecule has 262 valence electrons. The van der Waals surface area contributed by atoms with Gasteiger partial charge >= 0.3 is 0 Å². The van der Waals surface area contributed by atoms with Crippen LogP contribution in [0.4, 0.5) is 0 Å². The van der Waals surface area contributed by atoms with Crippen molar-refractivity contribution >= 4 is 43.7 Å². The second kappa shape index (κ2) is 13.0. The molecule has 6 nitrogen and oxygen atoms in total. The summed E-state index contributed by atoms with van der Waals surface area (Å²) in [5.74, 6) is 1.79. The number of benzene rings is 7. The summed E-state index contributed by atoms with van der Waals surface area (Å²) in [4.78, 5) is 19.8. The zero-order valence-electron chi connectivity index (χ0n) is 30.0. The molecule has 0 radical (unpaired) electrons. The van der Waals surface area contributed by atoms with Gasteiger partial charge in [-0.3, -0.25) is 4.98 Å². The molecule has 0 saturated carbocycles. The lowest BCUT2D eigenvalue weighted by atomic mass is 10.0. The van der Waals surface area contributed by atoms with Crippen LogP contribution in [0.5, 0.6) is 0 Å². The van der Waals surface area contributed by atoms with Crippen LogP contribution < -0.4 is 0 Å². The third-order valence-electron chi connectivity index (χ3n) is 10.6. The van der Waals surface area contributed by atoms with E-state index in [9.17, 15) is 0 Å². The Morgan fingerprint density at radius 3 is 1.62 bits per heavy atom. The molecule has 0 bridgehead atoms. The van der Waals surface area contributed by atoms with E-state index in [1.807, 2.05) is 18.2 Å². The number of hydrogen-bond donors (Lipinski definition) is 0. The van der Waals surface area contributed by atoms with Gasteiger partial charge in [0.15, 0.2) is 23.1 Å². The summed E-state index contributed by atoms with van der Waals surface area (Å²) in [6, 6.07) is 61.0. The first-order valence-electron chi connectivity index (χ1n) is 18.6. The third kappa shape index (κ3) is 5.27. The van der Waals surface area contributed by atoms with E-state index in [0.717, 1.165) is 77.6 Å². The molecule has 0 fully saturated rings. The number of aromatic nitrogens is 5. The third-order valence-corrected chi connectivity index (χ3v) is 10.6. The Bertz CT molecular complexity index is 3180. The maximum absolute atomic E-state index is 6.32. The lowest BCUT2D eigenvalue weighted by Gasteiger charge is -2.14. The molecule has 0 N–H and O–H groups in total. The molecule has 0 amide bonds. The normalized spacial score (nSPS) is 11.6. The molecule has 0 aliphatic heterocycles. The zero-order chi connectivity index (χ0) is 37.0. The molecule has 0 atom stereocenters. The fourth-order valence-corrected chi connectivity index (χ4v) is 7.92. The number of rotatable bonds is 6. The van der Waals surface area contributed by atoms with Crippen LogP contribution in [0.15, 0.2) is 193 Å². The van der Waals surface area contributed by atoms with Gasteiger partial charge in [0.25, 0.3) is 0 Å². The highest BCUT2D eigenvalue weighted by Crippen LogP contribution is 2.38. The predicted octanol–water partition coefficient (Wildman–Crippen LogP) is 12.6. The topological polar surface area (TPSA) is 69.6 Å². The summed E-state index contributed by atoms with van der Waals surface area (Å²) in [5, 5.41) is 4.51. The molecular weight excluding hydrogens is 687 g/mol. The second-order valence-corrected chi connectivity index (χ2v) is 13.9. The van der Waals surface area contributed by atoms with Crippen molar-refractivity contribution in [1.82, 2.24) is 24.5 Å². The largest absolute Gasteiger partial charge is 0.454 e. The fourth-order valence-electron chi connectivity index (χ4n) is 7.92. The van der Waals surface area contributed by atoms with Crippen molar-refractivity contribution in [2.75, 3.05) is 0 Å². The van der Waals surface area contributed by atoms with Crippen LogP contribution in [0.1, 0.15) is 0 Å². The smallest absolute Gasteiger partial charge is 0.166 e. The minimum absolute atomic E-state index is 0.591. The van der Waals surface area contributed by atoms with E-state index in [0.29, 0.717) is 17.5 Å². The fraction of sp³-hybridized carbons (Fsp3) is 0. The maximum atomic E-state index is 6.32. The van der Waals surface area contributed by atoms with Crippen LogP contribution in [-0.2, 0) is 0 Å². The van der Waals surface area contributed by atoms with Crippen molar-refractivity contribution < 1.29 is 4.42 Å². The molecule has 0 unspecified atom stereocenters. The Hall–Kier alpha value is -7.70. The summed E-state index contributed by atoms with van der Waals surface area (Å²) < 4.78 is 8.64. The lowest BCUT2D eigenvalue weighted by Crippen LogP contribution is -2.03. The van der Waals surface area contributed by atoms with Gasteiger partial charge in [-0.05, 0) is 47.0 Å². The Kier molecular flexibility index (Phi) is 7.38. The molecule has 4 heterocycles. The number of para-hydroxylation sites is 4. The van der Waals surface area contributed by atoms with Crippen LogP contribution in [0.3, 0.4) is 0 Å². The Morgan fingerprint density at radius 1 is 0.375 bits per heavy atom. The highest BCUT2D eigenvalue weighted by atomic mass is 16.3. The Labute approximate surface area is 322 Å². The van der Waals surface area contributed by atoms with E-state index in [1.165, 1.54) is 10.8 Å². The van der Waals surface area contributed by atoms with Crippen molar-refractivity contribution in [1.29, 1.82) is 0 Å². The standard InChI is InChI=1S/C50H31N5O/c1-2-11-32(12-3-1)33-21-25-35(26-22-33)48-52-49(36-27-23-34(24-28-36)37-16-10-17-41-40-29-30-51-31-46(40)56-47(37)41)54-50(53-48)42-15-6-9-20-45(42)55-43-18-7-4-13-38(43)39-14-5-8-19-44(39)55/h1-31H. The Balaban J connectivity index is 1.07. The van der Waals surface area contributed by atoms with Gasteiger partial charge in [-0.2, -0.15) is 0 Å². The Morgan fingerprint density at radius 2 is 0.911 bits per heavy atom. The van der Waals surface area contributed by atoms with Crippen molar-refractivity contribution in [2.24, 2.45) is 0 Å². The second-order valence-electron chi connectivity index (χ2n) is 13.9. The number of pyridine rings is 1. The average Bonchev–Trinajstić information content (AvgIpc) is 3.83. The first kappa shape index (κ1) is 31.8. The van der Waals surface area contributed by atoms with Gasteiger partial charge < -0.3 is 8.98 Å². The van der Waals surface area contributed by atoms with Crippen LogP contribution >= 0.6 is 0 Å². The lowest BCUT2D eigenvalue weighted by molar-refractivity contribution is 0.668. The van der Waals surface area contributed by atoms with Gasteiger partial charge in [0.2, 0.25) is 0 Å². The number of hydrogen-bond acceptors (Lipinski definition) is 5. The van der Waals surface area contributed by atoms with E-state index >= 15 is 0 Å². The minimum atomic E-state index is 0.591. The summed E-state index contributed by atoms with van der Waals surface area (Å²) in [6.07, 6.45) is 3.57. The van der Waals surface area contributed by atoms with Crippen molar-refractivity contribution in [2.45, 2.75) is 0 Å². The van der Waals surface area contributed by atoms with Crippen LogP contribution in [0.2, 0.25) is 0 Å². The quantitative estimate of drug-likeness (QED) is 0.171. The SMILES string of the molecule is c1ccc(-c2ccc(-c3nc(-c4ccc(-c5cccc6c5oc5cnccc56)cc4)nc(-c4ccccc4-n4c5ccccc5c5ccccc54)n3)cc2)cc1. The monoisotopic (exact) mass is 717 g/mol. The first-order chi connectivity index (χ1) is 27.8. The maximum Gasteiger partial charge on any atom is 0.166 e. The van der Waals surface area contributed by atoms with Gasteiger partial charge in [-0.25, -0.2) is 15.0 Å². The van der Waals surface area contributed by atoms with Crippen LogP contribution in [0.25, 0.3) is 106 Å². The summed E-state index contributed by atoms with van der Waals surface area (Å²) in [5.41, 5.74) is 11.9. The van der Waals surface area contributed by atoms with Crippen LogP contribution in [-0.4, -0.2) is 24.5 Å². The van der Waals surface area contributed by atoms with Gasteiger partial charge in [-0.1, -0.05) is 146 Å². The number of nitrogens with zero attached hydrogens (tertiary/aromatic N) is 5. The molecule has 0 aliphatic carbocycles. The molecule has 56 heavy (non-hydrogen) atoms. The van der Waals surface area contributed by atoms with E-state index in [2.05, 4.69) is 167 Å². The number of fused-ring (bicyclic) bond motifs is 6. The van der Waals surface area contributed by atoms with E-state index in [1.54, 1.807) is 12.4 Å². The predicted molar refractivity (Wildman–Crippen MR) is 226 cm³/mol. The van der Waals surface area contributed by atoms with Crippen molar-refractivity contribution in [3.63, 3.8) is 0 Å². The van der Waals surface area contributed by atoms with Gasteiger partial charge in [-0.15, -0.1) is 0 Å². The molecule has 11 rings (SSSR count). The van der Waals surface area contributed by atoms with E-state index in [-0.39, 0.29) is 0 Å². The van der Waals surface area contributed by atoms with Gasteiger partial charge in [0, 0.05) is 50.0 Å². The molecule has 11 aromatic rings.